The summed E-state index contributed by atoms with van der Waals surface area (Å²) in [5.41, 5.74) is 2.42. The van der Waals surface area contributed by atoms with Crippen LogP contribution in [-0.2, 0) is 0 Å². The predicted octanol–water partition coefficient (Wildman–Crippen LogP) is 2.73. The number of rotatable bonds is 4. The molecule has 1 saturated heterocycles. The second-order valence-corrected chi connectivity index (χ2v) is 8.32. The number of hydrogen-bond donors (Lipinski definition) is 1. The van der Waals surface area contributed by atoms with Gasteiger partial charge in [-0.1, -0.05) is 0 Å². The van der Waals surface area contributed by atoms with Crippen molar-refractivity contribution in [1.29, 1.82) is 0 Å². The van der Waals surface area contributed by atoms with E-state index in [2.05, 4.69) is 51.2 Å². The third-order valence-electron chi connectivity index (χ3n) is 4.40. The van der Waals surface area contributed by atoms with Crippen LogP contribution in [0.4, 0.5) is 0 Å². The molecule has 0 spiro atoms. The van der Waals surface area contributed by atoms with E-state index in [9.17, 15) is 5.11 Å². The molecule has 0 aromatic heterocycles. The third kappa shape index (κ3) is 3.38. The average molecular weight is 471 g/mol. The van der Waals surface area contributed by atoms with E-state index in [1.54, 1.807) is 0 Å². The molecule has 0 amide bonds. The summed E-state index contributed by atoms with van der Waals surface area (Å²) in [7, 11) is 0. The Kier molecular flexibility index (Phi) is 5.08. The molecule has 0 bridgehead atoms. The Hall–Kier alpha value is -0.718. The molecule has 1 heterocycles. The first-order valence-corrected chi connectivity index (χ1v) is 9.57. The summed E-state index contributed by atoms with van der Waals surface area (Å²) < 4.78 is 2.46. The molecule has 1 N–H and O–H groups in total. The number of nitrogens with zero attached hydrogens (tertiary/aromatic N) is 1. The standard InChI is InChI=1S/C18H20NO.Tl/c20-18(16-12-7-13-19-16)17(14-8-3-1-4-9-14)15-10-5-2-6-11-15;/h1-6,8-11,16-18,20H,7,12-13H2;/q-1;+1/t16-,18-;/m1./s1. The monoisotopic (exact) mass is 471 g/mol. The summed E-state index contributed by atoms with van der Waals surface area (Å²) in [5.74, 6) is 0.0664. The molecule has 1 aliphatic rings. The van der Waals surface area contributed by atoms with Gasteiger partial charge in [0.2, 0.25) is 0 Å². The Balaban J connectivity index is 1.96. The first-order valence-electron chi connectivity index (χ1n) is 7.56. The van der Waals surface area contributed by atoms with Crippen molar-refractivity contribution >= 4 is 26.1 Å². The molecule has 0 aliphatic carbocycles. The first-order chi connectivity index (χ1) is 10.3. The zero-order chi connectivity index (χ0) is 14.7. The molecule has 2 nitrogen and oxygen atoms in total. The van der Waals surface area contributed by atoms with Crippen molar-refractivity contribution < 1.29 is 5.11 Å². The van der Waals surface area contributed by atoms with Crippen molar-refractivity contribution in [1.82, 2.24) is 2.71 Å². The fourth-order valence-electron chi connectivity index (χ4n) is 3.31. The van der Waals surface area contributed by atoms with Crippen LogP contribution in [-0.4, -0.2) is 52.6 Å². The van der Waals surface area contributed by atoms with Crippen LogP contribution in [0.3, 0.4) is 0 Å². The average Bonchev–Trinajstić information content (AvgIpc) is 2.96. The Labute approximate surface area is 142 Å². The molecule has 0 unspecified atom stereocenters. The van der Waals surface area contributed by atoms with E-state index < -0.39 is 0 Å². The summed E-state index contributed by atoms with van der Waals surface area (Å²) in [6, 6.07) is 21.2. The van der Waals surface area contributed by atoms with Crippen LogP contribution in [0.15, 0.2) is 60.7 Å². The normalized spacial score (nSPS) is 20.7. The van der Waals surface area contributed by atoms with Gasteiger partial charge in [-0.15, -0.1) is 0 Å². The minimum absolute atomic E-state index is 0.0664. The number of benzene rings is 2. The summed E-state index contributed by atoms with van der Waals surface area (Å²) in [5, 5.41) is 11.1. The summed E-state index contributed by atoms with van der Waals surface area (Å²) in [4.78, 5) is 0. The third-order valence-corrected chi connectivity index (χ3v) is 6.89. The van der Waals surface area contributed by atoms with Gasteiger partial charge in [0, 0.05) is 0 Å². The van der Waals surface area contributed by atoms with Crippen LogP contribution in [0, 0.1) is 0 Å². The topological polar surface area (TPSA) is 23.5 Å². The fourth-order valence-corrected chi connectivity index (χ4v) is 5.29. The second-order valence-electron chi connectivity index (χ2n) is 5.74. The second kappa shape index (κ2) is 7.03. The van der Waals surface area contributed by atoms with Gasteiger partial charge in [0.05, 0.1) is 0 Å². The van der Waals surface area contributed by atoms with Gasteiger partial charge in [-0.3, -0.25) is 0 Å². The number of aliphatic hydroxyl groups is 1. The van der Waals surface area contributed by atoms with Crippen LogP contribution in [0.2, 0.25) is 0 Å². The summed E-state index contributed by atoms with van der Waals surface area (Å²) >= 11 is 0.810. The van der Waals surface area contributed by atoms with E-state index >= 15 is 0 Å². The van der Waals surface area contributed by atoms with Crippen molar-refractivity contribution in [3.63, 3.8) is 0 Å². The van der Waals surface area contributed by atoms with Crippen molar-refractivity contribution in [2.24, 2.45) is 0 Å². The zero-order valence-corrected chi connectivity index (χ0v) is 16.6. The van der Waals surface area contributed by atoms with Crippen LogP contribution in [0.25, 0.3) is 0 Å². The van der Waals surface area contributed by atoms with Crippen LogP contribution < -0.4 is 0 Å². The van der Waals surface area contributed by atoms with Gasteiger partial charge in [0.25, 0.3) is 0 Å². The van der Waals surface area contributed by atoms with E-state index in [1.165, 1.54) is 17.5 Å². The van der Waals surface area contributed by atoms with Gasteiger partial charge in [-0.2, -0.15) is 0 Å². The molecule has 3 heteroatoms. The molecule has 0 radical (unpaired) electrons. The van der Waals surface area contributed by atoms with Crippen LogP contribution >= 0.6 is 0 Å². The Morgan fingerprint density at radius 2 is 1.48 bits per heavy atom. The van der Waals surface area contributed by atoms with Gasteiger partial charge >= 0.3 is 143 Å². The molecular formula is C18H20NOTl. The predicted molar refractivity (Wildman–Crippen MR) is 86.2 cm³/mol. The molecule has 1 aliphatic heterocycles. The first kappa shape index (κ1) is 15.2. The Bertz CT molecular complexity index is 520. The van der Waals surface area contributed by atoms with E-state index in [-0.39, 0.29) is 12.0 Å². The van der Waals surface area contributed by atoms with Crippen LogP contribution in [0.1, 0.15) is 29.9 Å². The van der Waals surface area contributed by atoms with Crippen molar-refractivity contribution in [2.75, 3.05) is 6.54 Å². The quantitative estimate of drug-likeness (QED) is 0.695. The molecule has 106 valence electrons. The summed E-state index contributed by atoms with van der Waals surface area (Å²) in [6.45, 7) is 1.16. The maximum atomic E-state index is 11.1. The minimum atomic E-state index is -0.331. The van der Waals surface area contributed by atoms with Crippen molar-refractivity contribution in [3.05, 3.63) is 71.8 Å². The van der Waals surface area contributed by atoms with Gasteiger partial charge in [0.1, 0.15) is 0 Å². The van der Waals surface area contributed by atoms with E-state index in [0.717, 1.165) is 39.0 Å². The van der Waals surface area contributed by atoms with Gasteiger partial charge in [0.15, 0.2) is 0 Å². The van der Waals surface area contributed by atoms with Gasteiger partial charge in [-0.25, -0.2) is 0 Å². The number of aliphatic hydroxyl groups excluding tert-OH is 1. The fraction of sp³-hybridized carbons (Fsp3) is 0.333. The van der Waals surface area contributed by atoms with Gasteiger partial charge in [-0.05, 0) is 0 Å². The van der Waals surface area contributed by atoms with E-state index in [4.69, 9.17) is 0 Å². The summed E-state index contributed by atoms with van der Waals surface area (Å²) in [6.07, 6.45) is 2.00. The van der Waals surface area contributed by atoms with E-state index in [1.807, 2.05) is 12.1 Å². The van der Waals surface area contributed by atoms with Gasteiger partial charge < -0.3 is 0 Å². The molecule has 3 rings (SSSR count). The molecule has 2 aromatic carbocycles. The molecular weight excluding hydrogens is 451 g/mol. The molecule has 21 heavy (non-hydrogen) atoms. The molecule has 2 aromatic rings. The van der Waals surface area contributed by atoms with Crippen molar-refractivity contribution in [2.45, 2.75) is 30.9 Å². The van der Waals surface area contributed by atoms with E-state index in [0.29, 0.717) is 6.04 Å². The zero-order valence-electron chi connectivity index (χ0n) is 12.1. The maximum absolute atomic E-state index is 11.1. The number of hydrogen-bond acceptors (Lipinski definition) is 2. The molecule has 2 atom stereocenters. The molecule has 0 saturated carbocycles. The molecule has 1 fully saturated rings. The Morgan fingerprint density at radius 1 is 0.952 bits per heavy atom. The van der Waals surface area contributed by atoms with Crippen LogP contribution in [0.5, 0.6) is 0 Å². The Morgan fingerprint density at radius 3 is 1.90 bits per heavy atom. The van der Waals surface area contributed by atoms with Crippen molar-refractivity contribution in [3.8, 4) is 0 Å². The SMILES string of the molecule is O[C@@H](C(c1ccccc1)c1ccccc1)[C@H]1CCC[N]1[Tl].